The molecule has 0 radical (unpaired) electrons. The number of carbonyl (C=O) groups is 1. The van der Waals surface area contributed by atoms with E-state index in [-0.39, 0.29) is 5.12 Å². The maximum Gasteiger partial charge on any atom is 0.194 e. The summed E-state index contributed by atoms with van der Waals surface area (Å²) in [5, 5.41) is 1.26. The van der Waals surface area contributed by atoms with Crippen molar-refractivity contribution in [1.82, 2.24) is 0 Å². The number of fused-ring (bicyclic) bond motifs is 1. The molecule has 0 fully saturated rings. The number of hydrogen-bond donors (Lipinski definition) is 0. The summed E-state index contributed by atoms with van der Waals surface area (Å²) >= 11 is 2.93. The van der Waals surface area contributed by atoms with Gasteiger partial charge in [0, 0.05) is 17.7 Å². The van der Waals surface area contributed by atoms with Crippen molar-refractivity contribution in [3.63, 3.8) is 0 Å². The topological polar surface area (TPSA) is 29.4 Å². The summed E-state index contributed by atoms with van der Waals surface area (Å²) in [4.78, 5) is 17.1. The van der Waals surface area contributed by atoms with Crippen molar-refractivity contribution >= 4 is 39.4 Å². The van der Waals surface area contributed by atoms with Crippen molar-refractivity contribution in [2.45, 2.75) is 17.7 Å². The lowest BCUT2D eigenvalue weighted by Gasteiger charge is -2.10. The van der Waals surface area contributed by atoms with E-state index in [1.54, 1.807) is 11.8 Å². The molecule has 0 aliphatic carbocycles. The van der Waals surface area contributed by atoms with Crippen LogP contribution in [0.25, 0.3) is 0 Å². The Labute approximate surface area is 97.6 Å². The van der Waals surface area contributed by atoms with E-state index < -0.39 is 0 Å². The minimum absolute atomic E-state index is 0.226. The van der Waals surface area contributed by atoms with Crippen LogP contribution in [-0.2, 0) is 4.79 Å². The third kappa shape index (κ3) is 2.63. The van der Waals surface area contributed by atoms with Crippen LogP contribution in [0.3, 0.4) is 0 Å². The number of thioether (sulfide) groups is 2. The van der Waals surface area contributed by atoms with Crippen molar-refractivity contribution in [2.24, 2.45) is 4.99 Å². The summed E-state index contributed by atoms with van der Waals surface area (Å²) in [7, 11) is 0. The predicted molar refractivity (Wildman–Crippen MR) is 67.2 cm³/mol. The molecule has 1 aliphatic heterocycles. The molecule has 0 amide bonds. The monoisotopic (exact) mass is 237 g/mol. The summed E-state index contributed by atoms with van der Waals surface area (Å²) in [6.07, 6.45) is 3.35. The van der Waals surface area contributed by atoms with Crippen LogP contribution in [0.4, 0.5) is 5.69 Å². The fourth-order valence-electron chi connectivity index (χ4n) is 1.36. The van der Waals surface area contributed by atoms with E-state index in [0.29, 0.717) is 6.42 Å². The van der Waals surface area contributed by atoms with Gasteiger partial charge in [-0.05, 0) is 30.2 Å². The zero-order valence-corrected chi connectivity index (χ0v) is 10.0. The third-order valence-corrected chi connectivity index (χ3v) is 3.88. The number of para-hydroxylation sites is 1. The Hall–Kier alpha value is -0.740. The minimum atomic E-state index is 0.226. The van der Waals surface area contributed by atoms with Crippen LogP contribution in [0.5, 0.6) is 0 Å². The first-order valence-corrected chi connectivity index (χ1v) is 6.75. The van der Waals surface area contributed by atoms with Gasteiger partial charge in [-0.3, -0.25) is 4.79 Å². The largest absolute Gasteiger partial charge is 0.287 e. The molecule has 78 valence electrons. The standard InChI is InChI=1S/C11H11NOS2/c1-14-10-6-7-11(13)15-9-5-3-2-4-8(9)12-10/h2-5H,6-7H2,1H3/b12-10+. The number of aliphatic imine (C=N–C) groups is 1. The van der Waals surface area contributed by atoms with Gasteiger partial charge in [0.15, 0.2) is 5.12 Å². The van der Waals surface area contributed by atoms with Gasteiger partial charge in [0.05, 0.1) is 10.7 Å². The lowest BCUT2D eigenvalue weighted by Crippen LogP contribution is -2.00. The van der Waals surface area contributed by atoms with E-state index in [0.717, 1.165) is 22.0 Å². The SMILES string of the molecule is CS/C1=N/c2ccccc2SC(=O)CC1. The van der Waals surface area contributed by atoms with Crippen LogP contribution in [0, 0.1) is 0 Å². The second-order valence-electron chi connectivity index (χ2n) is 3.15. The third-order valence-electron chi connectivity index (χ3n) is 2.11. The lowest BCUT2D eigenvalue weighted by molar-refractivity contribution is -0.110. The second-order valence-corrected chi connectivity index (χ2v) is 5.13. The van der Waals surface area contributed by atoms with Gasteiger partial charge < -0.3 is 0 Å². The first kappa shape index (κ1) is 10.8. The van der Waals surface area contributed by atoms with Gasteiger partial charge in [0.1, 0.15) is 0 Å². The fraction of sp³-hybridized carbons (Fsp3) is 0.273. The molecular weight excluding hydrogens is 226 g/mol. The number of carbonyl (C=O) groups excluding carboxylic acids is 1. The molecule has 0 aromatic heterocycles. The van der Waals surface area contributed by atoms with E-state index in [9.17, 15) is 4.79 Å². The molecule has 0 unspecified atom stereocenters. The van der Waals surface area contributed by atoms with Crippen molar-refractivity contribution in [3.05, 3.63) is 24.3 Å². The van der Waals surface area contributed by atoms with Gasteiger partial charge in [-0.1, -0.05) is 12.1 Å². The van der Waals surface area contributed by atoms with Crippen LogP contribution in [0.15, 0.2) is 34.2 Å². The second kappa shape index (κ2) is 4.86. The van der Waals surface area contributed by atoms with Crippen molar-refractivity contribution in [1.29, 1.82) is 0 Å². The molecule has 1 aliphatic rings. The van der Waals surface area contributed by atoms with E-state index in [2.05, 4.69) is 4.99 Å². The molecule has 1 aromatic rings. The molecule has 1 heterocycles. The highest BCUT2D eigenvalue weighted by molar-refractivity contribution is 8.14. The van der Waals surface area contributed by atoms with Crippen molar-refractivity contribution < 1.29 is 4.79 Å². The van der Waals surface area contributed by atoms with Crippen LogP contribution >= 0.6 is 23.5 Å². The Morgan fingerprint density at radius 2 is 2.13 bits per heavy atom. The summed E-state index contributed by atoms with van der Waals surface area (Å²) in [6, 6.07) is 7.80. The van der Waals surface area contributed by atoms with E-state index >= 15 is 0 Å². The Kier molecular flexibility index (Phi) is 3.49. The Morgan fingerprint density at radius 3 is 2.93 bits per heavy atom. The number of nitrogens with zero attached hydrogens (tertiary/aromatic N) is 1. The van der Waals surface area contributed by atoms with Crippen molar-refractivity contribution in [2.75, 3.05) is 6.26 Å². The fourth-order valence-corrected chi connectivity index (χ4v) is 2.67. The predicted octanol–water partition coefficient (Wildman–Crippen LogP) is 3.49. The van der Waals surface area contributed by atoms with Crippen molar-refractivity contribution in [3.8, 4) is 0 Å². The highest BCUT2D eigenvalue weighted by Crippen LogP contribution is 2.34. The molecule has 0 spiro atoms. The molecule has 1 aromatic carbocycles. The maximum atomic E-state index is 11.6. The van der Waals surface area contributed by atoms with Crippen LogP contribution in [-0.4, -0.2) is 16.4 Å². The summed E-state index contributed by atoms with van der Waals surface area (Å²) in [5.74, 6) is 0. The van der Waals surface area contributed by atoms with Gasteiger partial charge in [0.25, 0.3) is 0 Å². The molecule has 0 N–H and O–H groups in total. The van der Waals surface area contributed by atoms with Gasteiger partial charge in [0.2, 0.25) is 0 Å². The minimum Gasteiger partial charge on any atom is -0.287 e. The van der Waals surface area contributed by atoms with Crippen LogP contribution in [0.2, 0.25) is 0 Å². The highest BCUT2D eigenvalue weighted by atomic mass is 32.2. The zero-order valence-electron chi connectivity index (χ0n) is 8.40. The van der Waals surface area contributed by atoms with Gasteiger partial charge in [-0.15, -0.1) is 11.8 Å². The zero-order chi connectivity index (χ0) is 10.7. The van der Waals surface area contributed by atoms with Gasteiger partial charge >= 0.3 is 0 Å². The highest BCUT2D eigenvalue weighted by Gasteiger charge is 2.13. The molecule has 4 heteroatoms. The van der Waals surface area contributed by atoms with E-state index in [1.807, 2.05) is 30.5 Å². The first-order valence-electron chi connectivity index (χ1n) is 4.71. The van der Waals surface area contributed by atoms with Gasteiger partial charge in [-0.2, -0.15) is 0 Å². The van der Waals surface area contributed by atoms with Crippen LogP contribution in [0.1, 0.15) is 12.8 Å². The Balaban J connectivity index is 2.44. The Bertz CT molecular complexity index is 415. The van der Waals surface area contributed by atoms with Gasteiger partial charge in [-0.25, -0.2) is 4.99 Å². The van der Waals surface area contributed by atoms with E-state index in [4.69, 9.17) is 0 Å². The van der Waals surface area contributed by atoms with E-state index in [1.165, 1.54) is 11.8 Å². The lowest BCUT2D eigenvalue weighted by atomic mass is 10.3. The number of rotatable bonds is 0. The normalized spacial score (nSPS) is 19.8. The average molecular weight is 237 g/mol. The molecule has 0 saturated carbocycles. The first-order chi connectivity index (χ1) is 7.29. The number of hydrogen-bond acceptors (Lipinski definition) is 4. The Morgan fingerprint density at radius 1 is 1.33 bits per heavy atom. The molecule has 0 saturated heterocycles. The summed E-state index contributed by atoms with van der Waals surface area (Å²) in [6.45, 7) is 0. The quantitative estimate of drug-likeness (QED) is 0.691. The smallest absolute Gasteiger partial charge is 0.194 e. The number of benzene rings is 1. The molecule has 15 heavy (non-hydrogen) atoms. The molecule has 2 rings (SSSR count). The summed E-state index contributed by atoms with van der Waals surface area (Å²) in [5.41, 5.74) is 0.917. The molecule has 0 atom stereocenters. The van der Waals surface area contributed by atoms with Crippen LogP contribution < -0.4 is 0 Å². The molecule has 0 bridgehead atoms. The average Bonchev–Trinajstić information content (AvgIpc) is 2.23. The summed E-state index contributed by atoms with van der Waals surface area (Å²) < 4.78 is 0. The molecule has 2 nitrogen and oxygen atoms in total. The maximum absolute atomic E-state index is 11.6. The molecular formula is C11H11NOS2.